The van der Waals surface area contributed by atoms with Gasteiger partial charge in [0.2, 0.25) is 0 Å². The van der Waals surface area contributed by atoms with Crippen molar-refractivity contribution >= 4 is 40.3 Å². The summed E-state index contributed by atoms with van der Waals surface area (Å²) in [6.07, 6.45) is 2.44. The van der Waals surface area contributed by atoms with Crippen LogP contribution in [0.4, 0.5) is 0 Å². The van der Waals surface area contributed by atoms with Crippen LogP contribution in [0.25, 0.3) is 16.4 Å². The lowest BCUT2D eigenvalue weighted by Crippen LogP contribution is -2.26. The van der Waals surface area contributed by atoms with Crippen molar-refractivity contribution in [2.24, 2.45) is 0 Å². The molecular weight excluding hydrogens is 497 g/mol. The topological polar surface area (TPSA) is 85.6 Å². The van der Waals surface area contributed by atoms with Crippen LogP contribution in [0.3, 0.4) is 0 Å². The van der Waals surface area contributed by atoms with Gasteiger partial charge in [-0.1, -0.05) is 36.0 Å². The Morgan fingerprint density at radius 2 is 2.03 bits per heavy atom. The molecule has 1 N–H and O–H groups in total. The zero-order valence-electron chi connectivity index (χ0n) is 18.9. The van der Waals surface area contributed by atoms with Gasteiger partial charge in [-0.2, -0.15) is 0 Å². The molecule has 35 heavy (non-hydrogen) atoms. The number of carbonyl (C=O) groups is 1. The van der Waals surface area contributed by atoms with Crippen LogP contribution in [-0.2, 0) is 12.2 Å². The standard InChI is InChI=1S/C25H22N6OS3/c1-17-6-4-8-19(14-17)31-23(21-9-5-13-33-21)29-30-25(31)35-16-22-28-20(15-34-22)24(32)27-12-10-18-7-2-3-11-26-18/h2-9,11,13-15H,10,12,16H2,1H3,(H,27,32). The van der Waals surface area contributed by atoms with E-state index >= 15 is 0 Å². The molecule has 10 heteroatoms. The van der Waals surface area contributed by atoms with E-state index in [2.05, 4.69) is 61.2 Å². The van der Waals surface area contributed by atoms with E-state index in [4.69, 9.17) is 0 Å². The molecule has 5 aromatic rings. The highest BCUT2D eigenvalue weighted by Gasteiger charge is 2.18. The van der Waals surface area contributed by atoms with E-state index < -0.39 is 0 Å². The predicted molar refractivity (Wildman–Crippen MR) is 141 cm³/mol. The number of hydrogen-bond donors (Lipinski definition) is 1. The molecule has 0 saturated heterocycles. The van der Waals surface area contributed by atoms with Gasteiger partial charge in [0.1, 0.15) is 10.7 Å². The molecule has 7 nitrogen and oxygen atoms in total. The maximum absolute atomic E-state index is 12.5. The molecule has 0 aliphatic rings. The summed E-state index contributed by atoms with van der Waals surface area (Å²) in [4.78, 5) is 22.4. The third-order valence-corrected chi connectivity index (χ3v) is 7.97. The smallest absolute Gasteiger partial charge is 0.270 e. The fourth-order valence-electron chi connectivity index (χ4n) is 3.48. The van der Waals surface area contributed by atoms with Crippen molar-refractivity contribution in [2.75, 3.05) is 6.54 Å². The second kappa shape index (κ2) is 10.9. The third-order valence-electron chi connectivity index (χ3n) is 5.14. The first-order valence-electron chi connectivity index (χ1n) is 11.0. The Bertz CT molecular complexity index is 1410. The highest BCUT2D eigenvalue weighted by Crippen LogP contribution is 2.32. The fraction of sp³-hybridized carbons (Fsp3) is 0.160. The van der Waals surface area contributed by atoms with E-state index in [0.717, 1.165) is 32.2 Å². The van der Waals surface area contributed by atoms with Crippen LogP contribution in [-0.4, -0.2) is 37.2 Å². The van der Waals surface area contributed by atoms with Crippen molar-refractivity contribution in [3.05, 3.63) is 93.5 Å². The summed E-state index contributed by atoms with van der Waals surface area (Å²) in [6, 6.07) is 18.1. The Balaban J connectivity index is 1.27. The Morgan fingerprint density at radius 3 is 2.83 bits per heavy atom. The van der Waals surface area contributed by atoms with E-state index in [1.807, 2.05) is 35.7 Å². The lowest BCUT2D eigenvalue weighted by Gasteiger charge is -2.10. The molecule has 0 aliphatic heterocycles. The normalized spacial score (nSPS) is 11.0. The van der Waals surface area contributed by atoms with Crippen molar-refractivity contribution in [1.82, 2.24) is 30.0 Å². The molecule has 4 aromatic heterocycles. The average molecular weight is 519 g/mol. The van der Waals surface area contributed by atoms with E-state index in [-0.39, 0.29) is 5.91 Å². The van der Waals surface area contributed by atoms with E-state index in [1.54, 1.807) is 34.7 Å². The number of thiophene rings is 1. The number of benzene rings is 1. The van der Waals surface area contributed by atoms with Gasteiger partial charge >= 0.3 is 0 Å². The van der Waals surface area contributed by atoms with E-state index in [1.165, 1.54) is 16.9 Å². The van der Waals surface area contributed by atoms with Gasteiger partial charge < -0.3 is 5.32 Å². The first kappa shape index (κ1) is 23.4. The number of rotatable bonds is 9. The number of nitrogens with zero attached hydrogens (tertiary/aromatic N) is 5. The second-order valence-electron chi connectivity index (χ2n) is 7.70. The summed E-state index contributed by atoms with van der Waals surface area (Å²) in [5.41, 5.74) is 3.57. The van der Waals surface area contributed by atoms with Gasteiger partial charge in [0, 0.05) is 30.2 Å². The minimum Gasteiger partial charge on any atom is -0.350 e. The second-order valence-corrected chi connectivity index (χ2v) is 10.5. The summed E-state index contributed by atoms with van der Waals surface area (Å²) in [6.45, 7) is 2.59. The highest BCUT2D eigenvalue weighted by molar-refractivity contribution is 7.98. The largest absolute Gasteiger partial charge is 0.350 e. The minimum atomic E-state index is -0.170. The predicted octanol–water partition coefficient (Wildman–Crippen LogP) is 5.42. The molecule has 0 aliphatic carbocycles. The Morgan fingerprint density at radius 1 is 1.09 bits per heavy atom. The molecule has 0 atom stereocenters. The van der Waals surface area contributed by atoms with Gasteiger partial charge in [0.05, 0.1) is 16.3 Å². The maximum atomic E-state index is 12.5. The summed E-state index contributed by atoms with van der Waals surface area (Å²) in [5.74, 6) is 1.25. The Hall–Kier alpha value is -3.34. The molecule has 0 bridgehead atoms. The van der Waals surface area contributed by atoms with Crippen LogP contribution in [0.2, 0.25) is 0 Å². The molecule has 0 saturated carbocycles. The Kier molecular flexibility index (Phi) is 7.31. The number of aryl methyl sites for hydroxylation is 1. The molecule has 1 amide bonds. The first-order valence-corrected chi connectivity index (χ1v) is 13.7. The molecule has 0 fully saturated rings. The number of hydrogen-bond acceptors (Lipinski definition) is 8. The molecule has 0 unspecified atom stereocenters. The zero-order chi connectivity index (χ0) is 24.0. The van der Waals surface area contributed by atoms with Crippen molar-refractivity contribution in [3.8, 4) is 16.4 Å². The van der Waals surface area contributed by atoms with E-state index in [9.17, 15) is 4.79 Å². The van der Waals surface area contributed by atoms with Crippen molar-refractivity contribution in [2.45, 2.75) is 24.3 Å². The Labute approximate surface area is 215 Å². The van der Waals surface area contributed by atoms with Crippen LogP contribution in [0.1, 0.15) is 26.8 Å². The molecule has 176 valence electrons. The lowest BCUT2D eigenvalue weighted by molar-refractivity contribution is 0.0949. The summed E-state index contributed by atoms with van der Waals surface area (Å²) >= 11 is 4.67. The molecule has 0 radical (unpaired) electrons. The number of aromatic nitrogens is 5. The van der Waals surface area contributed by atoms with Gasteiger partial charge in [-0.15, -0.1) is 32.9 Å². The van der Waals surface area contributed by atoms with Gasteiger partial charge in [-0.3, -0.25) is 14.3 Å². The number of pyridine rings is 1. The van der Waals surface area contributed by atoms with Gasteiger partial charge in [-0.05, 0) is 48.2 Å². The van der Waals surface area contributed by atoms with Gasteiger partial charge in [0.15, 0.2) is 11.0 Å². The fourth-order valence-corrected chi connectivity index (χ4v) is 5.92. The summed E-state index contributed by atoms with van der Waals surface area (Å²) in [5, 5.41) is 17.4. The SMILES string of the molecule is Cc1cccc(-n2c(SCc3nc(C(=O)NCCc4ccccn4)cs3)nnc2-c2cccs2)c1. The number of nitrogens with one attached hydrogen (secondary N) is 1. The quantitative estimate of drug-likeness (QED) is 0.262. The van der Waals surface area contributed by atoms with Crippen molar-refractivity contribution < 1.29 is 4.79 Å². The van der Waals surface area contributed by atoms with Crippen LogP contribution in [0, 0.1) is 6.92 Å². The maximum Gasteiger partial charge on any atom is 0.270 e. The van der Waals surface area contributed by atoms with Gasteiger partial charge in [0.25, 0.3) is 5.91 Å². The number of amides is 1. The summed E-state index contributed by atoms with van der Waals surface area (Å²) < 4.78 is 2.09. The number of thioether (sulfide) groups is 1. The van der Waals surface area contributed by atoms with Crippen LogP contribution < -0.4 is 5.32 Å². The highest BCUT2D eigenvalue weighted by atomic mass is 32.2. The number of thiazole rings is 1. The minimum absolute atomic E-state index is 0.170. The third kappa shape index (κ3) is 5.67. The molecule has 4 heterocycles. The first-order chi connectivity index (χ1) is 17.2. The van der Waals surface area contributed by atoms with Crippen LogP contribution >= 0.6 is 34.4 Å². The average Bonchev–Trinajstić information content (AvgIpc) is 3.64. The lowest BCUT2D eigenvalue weighted by atomic mass is 10.2. The van der Waals surface area contributed by atoms with Crippen LogP contribution in [0.5, 0.6) is 0 Å². The van der Waals surface area contributed by atoms with Gasteiger partial charge in [-0.25, -0.2) is 4.98 Å². The van der Waals surface area contributed by atoms with Crippen molar-refractivity contribution in [3.63, 3.8) is 0 Å². The molecule has 0 spiro atoms. The molecule has 1 aromatic carbocycles. The zero-order valence-corrected chi connectivity index (χ0v) is 21.4. The van der Waals surface area contributed by atoms with Crippen molar-refractivity contribution in [1.29, 1.82) is 0 Å². The summed E-state index contributed by atoms with van der Waals surface area (Å²) in [7, 11) is 0. The molecular formula is C25H22N6OS3. The molecule has 5 rings (SSSR count). The number of carbonyl (C=O) groups excluding carboxylic acids is 1. The van der Waals surface area contributed by atoms with E-state index in [0.29, 0.717) is 24.4 Å². The van der Waals surface area contributed by atoms with Crippen LogP contribution in [0.15, 0.2) is 76.7 Å². The monoisotopic (exact) mass is 518 g/mol.